The van der Waals surface area contributed by atoms with Crippen LogP contribution in [0.1, 0.15) is 113 Å². The Balaban J connectivity index is 1.97. The van der Waals surface area contributed by atoms with E-state index in [9.17, 15) is 30.6 Å². The molecule has 0 aliphatic heterocycles. The van der Waals surface area contributed by atoms with Crippen LogP contribution in [0.15, 0.2) is 42.5 Å². The normalized spacial score (nSPS) is 19.8. The van der Waals surface area contributed by atoms with Gasteiger partial charge in [0.05, 0.1) is 21.9 Å². The first-order valence-corrected chi connectivity index (χ1v) is 17.5. The van der Waals surface area contributed by atoms with E-state index in [1.165, 1.54) is 17.1 Å². The Labute approximate surface area is 250 Å². The zero-order valence-corrected chi connectivity index (χ0v) is 26.5. The van der Waals surface area contributed by atoms with Crippen LogP contribution in [0, 0.1) is 0 Å². The fourth-order valence-electron chi connectivity index (χ4n) is 6.61. The summed E-state index contributed by atoms with van der Waals surface area (Å²) in [6, 6.07) is 8.37. The van der Waals surface area contributed by atoms with Gasteiger partial charge in [-0.25, -0.2) is 8.51 Å². The minimum absolute atomic E-state index is 0.146. The van der Waals surface area contributed by atoms with Crippen molar-refractivity contribution in [3.8, 4) is 0 Å². The van der Waals surface area contributed by atoms with E-state index < -0.39 is 53.2 Å². The lowest BCUT2D eigenvalue weighted by Crippen LogP contribution is -2.40. The molecule has 10 heteroatoms. The van der Waals surface area contributed by atoms with E-state index in [2.05, 4.69) is 0 Å². The highest BCUT2D eigenvalue weighted by atomic mass is 32.2. The van der Waals surface area contributed by atoms with Crippen LogP contribution in [0.4, 0.5) is 26.3 Å². The summed E-state index contributed by atoms with van der Waals surface area (Å²) in [6.45, 7) is 5.27. The smallest absolute Gasteiger partial charge is 0.242 e. The van der Waals surface area contributed by atoms with Crippen LogP contribution in [-0.2, 0) is 23.3 Å². The number of rotatable bonds is 7. The quantitative estimate of drug-likeness (QED) is 0.220. The average molecular weight is 634 g/mol. The minimum Gasteiger partial charge on any atom is -0.242 e. The maximum atomic E-state index is 14.0. The van der Waals surface area contributed by atoms with Crippen LogP contribution in [0.2, 0.25) is 0 Å². The van der Waals surface area contributed by atoms with E-state index in [1.54, 1.807) is 33.9 Å². The molecule has 2 aliphatic rings. The molecule has 42 heavy (non-hydrogen) atoms. The Morgan fingerprint density at radius 1 is 0.762 bits per heavy atom. The molecule has 2 fully saturated rings. The van der Waals surface area contributed by atoms with Gasteiger partial charge in [0.2, 0.25) is 0 Å². The maximum absolute atomic E-state index is 14.0. The fourth-order valence-corrected chi connectivity index (χ4v) is 11.9. The Hall–Kier alpha value is -1.44. The Kier molecular flexibility index (Phi) is 10.6. The summed E-state index contributed by atoms with van der Waals surface area (Å²) in [5.41, 5.74) is -1.26. The molecule has 0 bridgehead atoms. The van der Waals surface area contributed by atoms with Gasteiger partial charge in [0.1, 0.15) is 11.0 Å². The van der Waals surface area contributed by atoms with E-state index in [0.717, 1.165) is 68.8 Å². The molecule has 0 radical (unpaired) electrons. The van der Waals surface area contributed by atoms with E-state index in [-0.39, 0.29) is 11.6 Å². The van der Waals surface area contributed by atoms with Gasteiger partial charge in [-0.05, 0) is 92.4 Å². The summed E-state index contributed by atoms with van der Waals surface area (Å²) in [7, 11) is -0.905. The Morgan fingerprint density at radius 3 is 1.64 bits per heavy atom. The Morgan fingerprint density at radius 2 is 1.21 bits per heavy atom. The van der Waals surface area contributed by atoms with Crippen molar-refractivity contribution < 1.29 is 30.6 Å². The molecule has 0 aromatic heterocycles. The van der Waals surface area contributed by atoms with Gasteiger partial charge in [0.25, 0.3) is 0 Å². The van der Waals surface area contributed by atoms with Gasteiger partial charge in [0, 0.05) is 7.05 Å². The predicted octanol–water partition coefficient (Wildman–Crippen LogP) is 9.98. The average Bonchev–Trinajstić information content (AvgIpc) is 2.93. The highest BCUT2D eigenvalue weighted by Gasteiger charge is 2.41. The molecule has 0 amide bonds. The monoisotopic (exact) mass is 633 g/mol. The van der Waals surface area contributed by atoms with Gasteiger partial charge in [-0.15, -0.1) is 0 Å². The lowest BCUT2D eigenvalue weighted by atomic mass is 9.94. The van der Waals surface area contributed by atoms with Gasteiger partial charge < -0.3 is 0 Å². The molecule has 2 aromatic carbocycles. The molecular weight excluding hydrogens is 591 g/mol. The first-order chi connectivity index (χ1) is 19.6. The van der Waals surface area contributed by atoms with E-state index in [4.69, 9.17) is 0 Å². The van der Waals surface area contributed by atoms with Gasteiger partial charge in [0.15, 0.2) is 0 Å². The van der Waals surface area contributed by atoms with Crippen LogP contribution in [0.3, 0.4) is 0 Å². The van der Waals surface area contributed by atoms with Gasteiger partial charge >= 0.3 is 12.4 Å². The van der Waals surface area contributed by atoms with Gasteiger partial charge in [-0.3, -0.25) is 0 Å². The van der Waals surface area contributed by atoms with E-state index in [1.807, 2.05) is 18.2 Å². The van der Waals surface area contributed by atoms with Gasteiger partial charge in [-0.2, -0.15) is 26.3 Å². The molecule has 234 valence electrons. The standard InChI is InChI=1S/C32H42F6NOPS/c1-30(2,3)42(40)39(4)29(22-19-23(31(33,34)35)21-24(20-22)32(36,37)38)27-17-11-12-18-28(27)41(25-13-7-5-8-14-25)26-15-9-6-10-16-26/h11-12,17-21,25-26,29H,5-10,13-16H2,1-4H3. The molecule has 2 nitrogen and oxygen atoms in total. The summed E-state index contributed by atoms with van der Waals surface area (Å²) in [6.07, 6.45) is 1.34. The number of halogens is 6. The summed E-state index contributed by atoms with van der Waals surface area (Å²) < 4.78 is 98.5. The van der Waals surface area contributed by atoms with Crippen LogP contribution >= 0.6 is 7.92 Å². The second kappa shape index (κ2) is 13.3. The largest absolute Gasteiger partial charge is 0.416 e. The van der Waals surface area contributed by atoms with Crippen molar-refractivity contribution in [2.75, 3.05) is 7.05 Å². The van der Waals surface area contributed by atoms with E-state index >= 15 is 0 Å². The van der Waals surface area contributed by atoms with Crippen LogP contribution in [0.25, 0.3) is 0 Å². The molecule has 4 rings (SSSR count). The number of hydrogen-bond donors (Lipinski definition) is 0. The summed E-state index contributed by atoms with van der Waals surface area (Å²) in [5, 5.41) is 1.04. The van der Waals surface area contributed by atoms with Crippen LogP contribution < -0.4 is 5.30 Å². The zero-order chi connectivity index (χ0) is 30.9. The third-order valence-electron chi connectivity index (χ3n) is 8.52. The number of hydrogen-bond acceptors (Lipinski definition) is 1. The topological polar surface area (TPSA) is 20.3 Å². The maximum Gasteiger partial charge on any atom is 0.416 e. The first kappa shape index (κ1) is 33.5. The molecule has 0 spiro atoms. The molecule has 2 unspecified atom stereocenters. The van der Waals surface area contributed by atoms with E-state index in [0.29, 0.717) is 16.9 Å². The summed E-state index contributed by atoms with van der Waals surface area (Å²) in [4.78, 5) is 0. The van der Waals surface area contributed by atoms with Crippen molar-refractivity contribution in [2.45, 2.75) is 119 Å². The van der Waals surface area contributed by atoms with Crippen molar-refractivity contribution in [3.05, 3.63) is 64.7 Å². The summed E-state index contributed by atoms with van der Waals surface area (Å²) >= 11 is 0. The molecule has 0 N–H and O–H groups in total. The first-order valence-electron chi connectivity index (χ1n) is 14.9. The highest BCUT2D eigenvalue weighted by molar-refractivity contribution is 7.84. The zero-order valence-electron chi connectivity index (χ0n) is 24.8. The molecule has 2 aromatic rings. The number of alkyl halides is 6. The lowest BCUT2D eigenvalue weighted by molar-refractivity contribution is -0.143. The lowest BCUT2D eigenvalue weighted by Gasteiger charge is -2.41. The van der Waals surface area contributed by atoms with Crippen LogP contribution in [-0.4, -0.2) is 31.6 Å². The molecule has 0 heterocycles. The van der Waals surface area contributed by atoms with Crippen molar-refractivity contribution in [1.29, 1.82) is 0 Å². The third-order valence-corrected chi connectivity index (χ3v) is 13.9. The summed E-state index contributed by atoms with van der Waals surface area (Å²) in [5.74, 6) is 0. The molecule has 2 aliphatic carbocycles. The second-order valence-electron chi connectivity index (χ2n) is 12.7. The molecule has 0 saturated heterocycles. The second-order valence-corrected chi connectivity index (χ2v) is 17.8. The predicted molar refractivity (Wildman–Crippen MR) is 161 cm³/mol. The third kappa shape index (κ3) is 7.79. The minimum atomic E-state index is -4.97. The Bertz CT molecular complexity index is 1180. The highest BCUT2D eigenvalue weighted by Crippen LogP contribution is 2.56. The molecular formula is C32H42F6NOPS. The SMILES string of the molecule is CN(C(c1cc(C(F)(F)F)cc(C(F)(F)F)c1)c1ccccc1P(C1CCCCC1)C1CCCCC1)S(=O)C(C)(C)C. The number of nitrogens with zero attached hydrogens (tertiary/aromatic N) is 1. The van der Waals surface area contributed by atoms with Crippen molar-refractivity contribution >= 4 is 24.2 Å². The van der Waals surface area contributed by atoms with Gasteiger partial charge in [-0.1, -0.05) is 70.7 Å². The number of benzene rings is 2. The fraction of sp³-hybridized carbons (Fsp3) is 0.625. The van der Waals surface area contributed by atoms with Crippen molar-refractivity contribution in [1.82, 2.24) is 4.31 Å². The molecule has 2 saturated carbocycles. The van der Waals surface area contributed by atoms with Crippen LogP contribution in [0.5, 0.6) is 0 Å². The molecule has 2 atom stereocenters. The van der Waals surface area contributed by atoms with Crippen molar-refractivity contribution in [3.63, 3.8) is 0 Å². The van der Waals surface area contributed by atoms with Crippen molar-refractivity contribution in [2.24, 2.45) is 0 Å².